The first-order valence-electron chi connectivity index (χ1n) is 9.79. The number of benzene rings is 1. The fraction of sp³-hybridized carbons (Fsp3) is 0.632. The molecule has 2 aliphatic heterocycles. The number of carbonyl (C=O) groups is 1. The number of sulfonamides is 1. The third-order valence-corrected chi connectivity index (χ3v) is 8.33. The van der Waals surface area contributed by atoms with Crippen LogP contribution in [0.2, 0.25) is 10.0 Å². The number of likely N-dealkylation sites (tertiary alicyclic amines) is 1. The molecule has 0 atom stereocenters. The normalized spacial score (nSPS) is 21.0. The van der Waals surface area contributed by atoms with Gasteiger partial charge in [-0.05, 0) is 50.4 Å². The second-order valence-electron chi connectivity index (χ2n) is 7.47. The van der Waals surface area contributed by atoms with Crippen molar-refractivity contribution in [3.05, 3.63) is 28.2 Å². The molecular weight excluding hydrogens is 421 g/mol. The van der Waals surface area contributed by atoms with Gasteiger partial charge in [-0.1, -0.05) is 30.1 Å². The molecule has 2 saturated heterocycles. The Kier molecular flexibility index (Phi) is 7.26. The van der Waals surface area contributed by atoms with E-state index in [-0.39, 0.29) is 27.8 Å². The van der Waals surface area contributed by atoms with Gasteiger partial charge in [0.25, 0.3) is 0 Å². The first-order chi connectivity index (χ1) is 13.3. The van der Waals surface area contributed by atoms with Crippen LogP contribution in [0.5, 0.6) is 0 Å². The van der Waals surface area contributed by atoms with Crippen LogP contribution in [0, 0.1) is 5.92 Å². The Morgan fingerprint density at radius 3 is 2.36 bits per heavy atom. The molecule has 3 rings (SSSR count). The summed E-state index contributed by atoms with van der Waals surface area (Å²) in [6.45, 7) is 5.83. The molecule has 0 bridgehead atoms. The van der Waals surface area contributed by atoms with Crippen molar-refractivity contribution in [3.63, 3.8) is 0 Å². The van der Waals surface area contributed by atoms with Crippen LogP contribution in [0.25, 0.3) is 0 Å². The minimum absolute atomic E-state index is 0.0206. The van der Waals surface area contributed by atoms with Crippen molar-refractivity contribution in [1.29, 1.82) is 0 Å². The molecule has 28 heavy (non-hydrogen) atoms. The first kappa shape index (κ1) is 21.8. The zero-order chi connectivity index (χ0) is 20.3. The Morgan fingerprint density at radius 2 is 1.75 bits per heavy atom. The monoisotopic (exact) mass is 447 g/mol. The van der Waals surface area contributed by atoms with Gasteiger partial charge in [0.15, 0.2) is 0 Å². The summed E-state index contributed by atoms with van der Waals surface area (Å²) in [4.78, 5) is 15.0. The third kappa shape index (κ3) is 5.00. The second-order valence-corrected chi connectivity index (χ2v) is 10.2. The average molecular weight is 448 g/mol. The minimum Gasteiger partial charge on any atom is -0.353 e. The van der Waals surface area contributed by atoms with Gasteiger partial charge in [-0.2, -0.15) is 4.31 Å². The smallest absolute Gasteiger partial charge is 0.244 e. The summed E-state index contributed by atoms with van der Waals surface area (Å²) in [5.74, 6) is -0.0988. The first-order valence-corrected chi connectivity index (χ1v) is 12.0. The van der Waals surface area contributed by atoms with Crippen molar-refractivity contribution in [2.75, 3.05) is 32.7 Å². The molecule has 1 N–H and O–H groups in total. The van der Waals surface area contributed by atoms with Crippen LogP contribution in [0.4, 0.5) is 0 Å². The van der Waals surface area contributed by atoms with Gasteiger partial charge in [0, 0.05) is 43.2 Å². The van der Waals surface area contributed by atoms with Crippen molar-refractivity contribution in [3.8, 4) is 0 Å². The summed E-state index contributed by atoms with van der Waals surface area (Å²) < 4.78 is 27.2. The molecule has 0 aliphatic carbocycles. The average Bonchev–Trinajstić information content (AvgIpc) is 2.70. The summed E-state index contributed by atoms with van der Waals surface area (Å²) in [6, 6.07) is 4.65. The van der Waals surface area contributed by atoms with E-state index >= 15 is 0 Å². The molecule has 0 spiro atoms. The number of carbonyl (C=O) groups excluding carboxylic acids is 1. The molecule has 1 aromatic rings. The highest BCUT2D eigenvalue weighted by atomic mass is 35.5. The van der Waals surface area contributed by atoms with Gasteiger partial charge in [0.05, 0.1) is 5.02 Å². The summed E-state index contributed by atoms with van der Waals surface area (Å²) in [5, 5.41) is 3.64. The van der Waals surface area contributed by atoms with Gasteiger partial charge in [-0.15, -0.1) is 0 Å². The summed E-state index contributed by atoms with van der Waals surface area (Å²) in [6.07, 6.45) is 2.97. The Bertz CT molecular complexity index is 803. The van der Waals surface area contributed by atoms with Crippen molar-refractivity contribution in [1.82, 2.24) is 14.5 Å². The van der Waals surface area contributed by atoms with Gasteiger partial charge >= 0.3 is 0 Å². The van der Waals surface area contributed by atoms with Crippen LogP contribution in [-0.4, -0.2) is 62.3 Å². The highest BCUT2D eigenvalue weighted by Crippen LogP contribution is 2.30. The largest absolute Gasteiger partial charge is 0.353 e. The Morgan fingerprint density at radius 1 is 1.11 bits per heavy atom. The van der Waals surface area contributed by atoms with Gasteiger partial charge in [-0.25, -0.2) is 8.42 Å². The number of hydrogen-bond acceptors (Lipinski definition) is 4. The summed E-state index contributed by atoms with van der Waals surface area (Å²) in [5.41, 5.74) is 0. The number of rotatable bonds is 5. The zero-order valence-corrected chi connectivity index (χ0v) is 18.4. The van der Waals surface area contributed by atoms with Crippen molar-refractivity contribution >= 4 is 39.1 Å². The van der Waals surface area contributed by atoms with Crippen molar-refractivity contribution in [2.45, 2.75) is 43.5 Å². The number of halogens is 2. The highest BCUT2D eigenvalue weighted by Gasteiger charge is 2.34. The molecule has 0 unspecified atom stereocenters. The lowest BCUT2D eigenvalue weighted by atomic mass is 9.96. The van der Waals surface area contributed by atoms with E-state index in [1.54, 1.807) is 6.07 Å². The maximum Gasteiger partial charge on any atom is 0.244 e. The molecule has 156 valence electrons. The van der Waals surface area contributed by atoms with E-state index in [1.165, 1.54) is 16.4 Å². The van der Waals surface area contributed by atoms with Crippen LogP contribution in [-0.2, 0) is 14.8 Å². The number of hydrogen-bond donors (Lipinski definition) is 1. The molecule has 2 fully saturated rings. The molecule has 0 saturated carbocycles. The predicted octanol–water partition coefficient (Wildman–Crippen LogP) is 2.99. The Hall–Kier alpha value is -0.860. The van der Waals surface area contributed by atoms with Gasteiger partial charge < -0.3 is 10.2 Å². The van der Waals surface area contributed by atoms with E-state index in [9.17, 15) is 13.2 Å². The molecule has 1 aromatic carbocycles. The second kappa shape index (κ2) is 9.30. The van der Waals surface area contributed by atoms with E-state index in [4.69, 9.17) is 23.2 Å². The van der Waals surface area contributed by atoms with Crippen LogP contribution in [0.1, 0.15) is 32.6 Å². The lowest BCUT2D eigenvalue weighted by Crippen LogP contribution is -2.48. The number of amides is 1. The van der Waals surface area contributed by atoms with Gasteiger partial charge in [0.2, 0.25) is 15.9 Å². The molecule has 0 radical (unpaired) electrons. The molecule has 2 heterocycles. The Balaban J connectivity index is 1.55. The topological polar surface area (TPSA) is 69.7 Å². The SMILES string of the molecule is CCN1CCC(NC(=O)C2CCN(S(=O)(=O)c3cc(Cl)ccc3Cl)CC2)CC1. The molecule has 0 aromatic heterocycles. The van der Waals surface area contributed by atoms with E-state index in [0.717, 1.165) is 32.5 Å². The van der Waals surface area contributed by atoms with E-state index in [0.29, 0.717) is 31.0 Å². The van der Waals surface area contributed by atoms with E-state index in [1.807, 2.05) is 0 Å². The summed E-state index contributed by atoms with van der Waals surface area (Å²) >= 11 is 12.0. The van der Waals surface area contributed by atoms with Crippen LogP contribution >= 0.6 is 23.2 Å². The van der Waals surface area contributed by atoms with Crippen LogP contribution in [0.3, 0.4) is 0 Å². The molecule has 2 aliphatic rings. The number of nitrogens with one attached hydrogen (secondary N) is 1. The number of piperidine rings is 2. The van der Waals surface area contributed by atoms with Crippen molar-refractivity contribution < 1.29 is 13.2 Å². The molecular formula is C19H27Cl2N3O3S. The quantitative estimate of drug-likeness (QED) is 0.752. The Labute approximate surface area is 177 Å². The minimum atomic E-state index is -3.72. The van der Waals surface area contributed by atoms with Crippen LogP contribution in [0.15, 0.2) is 23.1 Å². The highest BCUT2D eigenvalue weighted by molar-refractivity contribution is 7.89. The van der Waals surface area contributed by atoms with E-state index in [2.05, 4.69) is 17.1 Å². The summed E-state index contributed by atoms with van der Waals surface area (Å²) in [7, 11) is -3.72. The molecule has 1 amide bonds. The van der Waals surface area contributed by atoms with Gasteiger partial charge in [0.1, 0.15) is 4.90 Å². The maximum absolute atomic E-state index is 12.9. The number of nitrogens with zero attached hydrogens (tertiary/aromatic N) is 2. The fourth-order valence-electron chi connectivity index (χ4n) is 3.88. The lowest BCUT2D eigenvalue weighted by Gasteiger charge is -2.34. The lowest BCUT2D eigenvalue weighted by molar-refractivity contribution is -0.127. The predicted molar refractivity (Wildman–Crippen MR) is 111 cm³/mol. The standard InChI is InChI=1S/C19H27Cl2N3O3S/c1-2-23-9-7-16(8-10-23)22-19(25)14-5-11-24(12-6-14)28(26,27)18-13-15(20)3-4-17(18)21/h3-4,13-14,16H,2,5-12H2,1H3,(H,22,25). The maximum atomic E-state index is 12.9. The van der Waals surface area contributed by atoms with Crippen molar-refractivity contribution in [2.24, 2.45) is 5.92 Å². The van der Waals surface area contributed by atoms with Gasteiger partial charge in [-0.3, -0.25) is 4.79 Å². The molecule has 9 heteroatoms. The molecule has 6 nitrogen and oxygen atoms in total. The fourth-order valence-corrected chi connectivity index (χ4v) is 6.09. The third-order valence-electron chi connectivity index (χ3n) is 5.72. The zero-order valence-electron chi connectivity index (χ0n) is 16.0. The van der Waals surface area contributed by atoms with Crippen LogP contribution < -0.4 is 5.32 Å². The van der Waals surface area contributed by atoms with E-state index < -0.39 is 10.0 Å².